The number of rotatable bonds is 7. The van der Waals surface area contributed by atoms with E-state index in [2.05, 4.69) is 32.2 Å². The van der Waals surface area contributed by atoms with Crippen molar-refractivity contribution in [1.82, 2.24) is 25.0 Å². The second kappa shape index (κ2) is 10.4. The Hall–Kier alpha value is -3.84. The monoisotopic (exact) mass is 481 g/mol. The molecule has 3 heterocycles. The average molecular weight is 482 g/mol. The lowest BCUT2D eigenvalue weighted by atomic mass is 9.86. The van der Waals surface area contributed by atoms with Gasteiger partial charge in [-0.1, -0.05) is 30.3 Å². The van der Waals surface area contributed by atoms with Crippen molar-refractivity contribution in [2.24, 2.45) is 5.92 Å². The number of fused-ring (bicyclic) bond motifs is 1. The highest BCUT2D eigenvalue weighted by atomic mass is 16.2. The zero-order valence-electron chi connectivity index (χ0n) is 20.7. The molecular weight excluding hydrogens is 450 g/mol. The molecule has 1 aliphatic rings. The normalized spacial score (nSPS) is 18.3. The maximum Gasteiger partial charge on any atom is 0.239 e. The summed E-state index contributed by atoms with van der Waals surface area (Å²) in [7, 11) is 3.62. The number of hydrogen-bond donors (Lipinski definition) is 1. The van der Waals surface area contributed by atoms with Gasteiger partial charge in [-0.3, -0.25) is 24.6 Å². The minimum Gasteiger partial charge on any atom is -0.347 e. The van der Waals surface area contributed by atoms with Crippen LogP contribution in [0.15, 0.2) is 73.1 Å². The molecule has 1 fully saturated rings. The first kappa shape index (κ1) is 23.9. The van der Waals surface area contributed by atoms with Gasteiger partial charge in [0.25, 0.3) is 0 Å². The summed E-state index contributed by atoms with van der Waals surface area (Å²) in [4.78, 5) is 34.3. The molecule has 0 saturated carbocycles. The van der Waals surface area contributed by atoms with Gasteiger partial charge < -0.3 is 4.90 Å². The van der Waals surface area contributed by atoms with Gasteiger partial charge in [0, 0.05) is 62.5 Å². The van der Waals surface area contributed by atoms with Crippen molar-refractivity contribution in [2.75, 3.05) is 20.6 Å². The summed E-state index contributed by atoms with van der Waals surface area (Å²) < 4.78 is 0. The number of amides is 1. The zero-order chi connectivity index (χ0) is 25.1. The predicted octanol–water partition coefficient (Wildman–Crippen LogP) is 4.57. The van der Waals surface area contributed by atoms with E-state index in [1.165, 1.54) is 5.56 Å². The lowest BCUT2D eigenvalue weighted by Gasteiger charge is -2.39. The molecule has 0 spiro atoms. The van der Waals surface area contributed by atoms with E-state index in [-0.39, 0.29) is 23.7 Å². The largest absolute Gasteiger partial charge is 0.347 e. The van der Waals surface area contributed by atoms with Crippen LogP contribution >= 0.6 is 0 Å². The summed E-state index contributed by atoms with van der Waals surface area (Å²) in [6.07, 6.45) is 5.56. The molecule has 0 unspecified atom stereocenters. The molecule has 7 heteroatoms. The second-order valence-corrected chi connectivity index (χ2v) is 9.80. The number of likely N-dealkylation sites (N-methyl/N-ethyl adjacent to an activating group) is 1. The van der Waals surface area contributed by atoms with Gasteiger partial charge in [-0.05, 0) is 54.7 Å². The molecule has 1 saturated heterocycles. The van der Waals surface area contributed by atoms with Crippen LogP contribution in [0.25, 0.3) is 22.2 Å². The number of carbonyl (C=O) groups is 2. The summed E-state index contributed by atoms with van der Waals surface area (Å²) >= 11 is 0. The maximum atomic E-state index is 13.4. The minimum absolute atomic E-state index is 0.126. The average Bonchev–Trinajstić information content (AvgIpc) is 3.33. The third kappa shape index (κ3) is 5.06. The van der Waals surface area contributed by atoms with E-state index >= 15 is 0 Å². The summed E-state index contributed by atoms with van der Waals surface area (Å²) in [6, 6.07) is 19.6. The highest BCUT2D eigenvalue weighted by molar-refractivity contribution is 6.02. The van der Waals surface area contributed by atoms with Gasteiger partial charge in [-0.2, -0.15) is 5.10 Å². The Morgan fingerprint density at radius 1 is 1.03 bits per heavy atom. The van der Waals surface area contributed by atoms with Crippen LogP contribution in [0.3, 0.4) is 0 Å². The predicted molar refractivity (Wildman–Crippen MR) is 140 cm³/mol. The molecule has 1 aliphatic heterocycles. The SMILES string of the molecule is CN(C)C(=O)[C@@H]1CC[C@@H](CC(=O)c2ccc3[nH]nc(-c4ccncc4)c3c2)CN1Cc1ccccc1. The number of carbonyl (C=O) groups excluding carboxylic acids is 2. The summed E-state index contributed by atoms with van der Waals surface area (Å²) in [5, 5.41) is 8.46. The van der Waals surface area contributed by atoms with E-state index < -0.39 is 0 Å². The van der Waals surface area contributed by atoms with Crippen molar-refractivity contribution in [1.29, 1.82) is 0 Å². The number of likely N-dealkylation sites (tertiary alicyclic amines) is 1. The fourth-order valence-corrected chi connectivity index (χ4v) is 5.16. The number of piperidine rings is 1. The first-order valence-electron chi connectivity index (χ1n) is 12.4. The Kier molecular flexibility index (Phi) is 6.91. The van der Waals surface area contributed by atoms with E-state index in [0.29, 0.717) is 18.5 Å². The molecule has 1 amide bonds. The van der Waals surface area contributed by atoms with Gasteiger partial charge in [0.05, 0.1) is 11.6 Å². The van der Waals surface area contributed by atoms with E-state index in [4.69, 9.17) is 0 Å². The van der Waals surface area contributed by atoms with Crippen molar-refractivity contribution in [3.63, 3.8) is 0 Å². The number of Topliss-reactive ketones (excluding diaryl/α,β-unsaturated/α-hetero) is 1. The van der Waals surface area contributed by atoms with E-state index in [1.807, 2.05) is 62.6 Å². The Balaban J connectivity index is 1.33. The lowest BCUT2D eigenvalue weighted by Crippen LogP contribution is -2.51. The van der Waals surface area contributed by atoms with Crippen molar-refractivity contribution in [2.45, 2.75) is 31.8 Å². The number of pyridine rings is 1. The van der Waals surface area contributed by atoms with Gasteiger partial charge in [0.2, 0.25) is 5.91 Å². The van der Waals surface area contributed by atoms with E-state index in [9.17, 15) is 9.59 Å². The molecule has 0 aliphatic carbocycles. The molecule has 184 valence electrons. The Morgan fingerprint density at radius 2 is 1.81 bits per heavy atom. The second-order valence-electron chi connectivity index (χ2n) is 9.80. The quantitative estimate of drug-likeness (QED) is 0.391. The number of nitrogens with zero attached hydrogens (tertiary/aromatic N) is 4. The van der Waals surface area contributed by atoms with Crippen LogP contribution in [0.5, 0.6) is 0 Å². The fraction of sp³-hybridized carbons (Fsp3) is 0.310. The number of benzene rings is 2. The van der Waals surface area contributed by atoms with Crippen molar-refractivity contribution in [3.05, 3.63) is 84.2 Å². The first-order valence-corrected chi connectivity index (χ1v) is 12.4. The van der Waals surface area contributed by atoms with Crippen LogP contribution in [0.2, 0.25) is 0 Å². The lowest BCUT2D eigenvalue weighted by molar-refractivity contribution is -0.136. The minimum atomic E-state index is -0.156. The summed E-state index contributed by atoms with van der Waals surface area (Å²) in [6.45, 7) is 1.42. The number of H-pyrrole nitrogens is 1. The molecular formula is C29H31N5O2. The standard InChI is InChI=1S/C29H31N5O2/c1-33(2)29(36)26-11-8-21(19-34(26)18-20-6-4-3-5-7-20)16-27(35)23-9-10-25-24(17-23)28(32-31-25)22-12-14-30-15-13-22/h3-7,9-10,12-15,17,21,26H,8,11,16,18-19H2,1-2H3,(H,31,32)/t21-,26-/m0/s1. The van der Waals surface area contributed by atoms with Crippen LogP contribution in [-0.4, -0.2) is 63.4 Å². The molecule has 4 aromatic rings. The third-order valence-electron chi connectivity index (χ3n) is 7.05. The Morgan fingerprint density at radius 3 is 2.56 bits per heavy atom. The summed E-state index contributed by atoms with van der Waals surface area (Å²) in [5.41, 5.74) is 4.55. The van der Waals surface area contributed by atoms with Crippen molar-refractivity contribution < 1.29 is 9.59 Å². The highest BCUT2D eigenvalue weighted by Gasteiger charge is 2.34. The molecule has 7 nitrogen and oxygen atoms in total. The molecule has 2 aromatic heterocycles. The van der Waals surface area contributed by atoms with Crippen LogP contribution < -0.4 is 0 Å². The zero-order valence-corrected chi connectivity index (χ0v) is 20.7. The third-order valence-corrected chi connectivity index (χ3v) is 7.05. The Labute approximate surface area is 211 Å². The smallest absolute Gasteiger partial charge is 0.239 e. The highest BCUT2D eigenvalue weighted by Crippen LogP contribution is 2.30. The topological polar surface area (TPSA) is 82.2 Å². The van der Waals surface area contributed by atoms with Gasteiger partial charge in [0.15, 0.2) is 5.78 Å². The van der Waals surface area contributed by atoms with Gasteiger partial charge >= 0.3 is 0 Å². The van der Waals surface area contributed by atoms with Gasteiger partial charge in [-0.15, -0.1) is 0 Å². The molecule has 0 bridgehead atoms. The number of aromatic amines is 1. The molecule has 36 heavy (non-hydrogen) atoms. The molecule has 2 atom stereocenters. The van der Waals surface area contributed by atoms with E-state index in [0.717, 1.165) is 41.5 Å². The number of aromatic nitrogens is 3. The van der Waals surface area contributed by atoms with Crippen molar-refractivity contribution >= 4 is 22.6 Å². The number of ketones is 1. The summed E-state index contributed by atoms with van der Waals surface area (Å²) in [5.74, 6) is 0.456. The van der Waals surface area contributed by atoms with E-state index in [1.54, 1.807) is 17.3 Å². The van der Waals surface area contributed by atoms with Crippen LogP contribution in [0, 0.1) is 5.92 Å². The van der Waals surface area contributed by atoms with Crippen molar-refractivity contribution in [3.8, 4) is 11.3 Å². The Bertz CT molecular complexity index is 1350. The van der Waals surface area contributed by atoms with Gasteiger partial charge in [0.1, 0.15) is 5.69 Å². The van der Waals surface area contributed by atoms with Crippen LogP contribution in [0.1, 0.15) is 35.2 Å². The molecule has 0 radical (unpaired) electrons. The molecule has 5 rings (SSSR count). The molecule has 2 aromatic carbocycles. The first-order chi connectivity index (χ1) is 17.5. The van der Waals surface area contributed by atoms with Crippen LogP contribution in [-0.2, 0) is 11.3 Å². The van der Waals surface area contributed by atoms with Crippen LogP contribution in [0.4, 0.5) is 0 Å². The number of nitrogens with one attached hydrogen (secondary N) is 1. The van der Waals surface area contributed by atoms with Gasteiger partial charge in [-0.25, -0.2) is 0 Å². The maximum absolute atomic E-state index is 13.4. The number of hydrogen-bond acceptors (Lipinski definition) is 5. The fourth-order valence-electron chi connectivity index (χ4n) is 5.16. The molecule has 1 N–H and O–H groups in total.